The average Bonchev–Trinajstić information content (AvgIpc) is 2.67. The van der Waals surface area contributed by atoms with E-state index in [1.54, 1.807) is 0 Å². The van der Waals surface area contributed by atoms with Crippen molar-refractivity contribution >= 4 is 0 Å². The zero-order valence-electron chi connectivity index (χ0n) is 10.8. The molecule has 0 saturated heterocycles. The molecule has 1 saturated carbocycles. The Morgan fingerprint density at radius 3 is 2.71 bits per heavy atom. The molecule has 2 rings (SSSR count). The van der Waals surface area contributed by atoms with Crippen molar-refractivity contribution in [2.24, 2.45) is 11.8 Å². The van der Waals surface area contributed by atoms with E-state index in [0.29, 0.717) is 0 Å². The smallest absolute Gasteiger partial charge is 0.147 e. The first kappa shape index (κ1) is 12.1. The summed E-state index contributed by atoms with van der Waals surface area (Å²) in [5, 5.41) is 13.7. The number of hydrogen-bond donors (Lipinski definition) is 0. The van der Waals surface area contributed by atoms with Gasteiger partial charge in [0.2, 0.25) is 0 Å². The number of aryl methyl sites for hydroxylation is 2. The fourth-order valence-corrected chi connectivity index (χ4v) is 2.87. The molecule has 4 heteroatoms. The molecular weight excluding hydrogens is 212 g/mol. The van der Waals surface area contributed by atoms with E-state index >= 15 is 0 Å². The van der Waals surface area contributed by atoms with E-state index in [2.05, 4.69) is 23.1 Å². The minimum Gasteiger partial charge on any atom is -0.246 e. The maximum Gasteiger partial charge on any atom is 0.147 e. The van der Waals surface area contributed by atoms with E-state index in [-0.39, 0.29) is 12.0 Å². The molecule has 1 fully saturated rings. The van der Waals surface area contributed by atoms with Gasteiger partial charge in [0.1, 0.15) is 11.6 Å². The van der Waals surface area contributed by atoms with Crippen molar-refractivity contribution in [3.8, 4) is 6.07 Å². The lowest BCUT2D eigenvalue weighted by Gasteiger charge is -2.32. The minimum atomic E-state index is 0.0950. The van der Waals surface area contributed by atoms with Gasteiger partial charge in [-0.1, -0.05) is 13.3 Å². The van der Waals surface area contributed by atoms with Gasteiger partial charge in [-0.3, -0.25) is 0 Å². The summed E-state index contributed by atoms with van der Waals surface area (Å²) in [4.78, 5) is 4.35. The predicted molar refractivity (Wildman–Crippen MR) is 65.3 cm³/mol. The third-order valence-corrected chi connectivity index (χ3v) is 3.89. The van der Waals surface area contributed by atoms with E-state index in [4.69, 9.17) is 0 Å². The molecule has 1 aromatic heterocycles. The fraction of sp³-hybridized carbons (Fsp3) is 0.769. The van der Waals surface area contributed by atoms with E-state index in [1.165, 1.54) is 12.8 Å². The van der Waals surface area contributed by atoms with Crippen LogP contribution in [0.25, 0.3) is 0 Å². The summed E-state index contributed by atoms with van der Waals surface area (Å²) >= 11 is 0. The van der Waals surface area contributed by atoms with E-state index in [9.17, 15) is 5.26 Å². The number of nitrogens with zero attached hydrogens (tertiary/aromatic N) is 4. The maximum atomic E-state index is 9.27. The Morgan fingerprint density at radius 1 is 1.41 bits per heavy atom. The van der Waals surface area contributed by atoms with Crippen molar-refractivity contribution in [1.82, 2.24) is 14.8 Å². The first-order valence-corrected chi connectivity index (χ1v) is 6.45. The quantitative estimate of drug-likeness (QED) is 0.787. The van der Waals surface area contributed by atoms with Crippen molar-refractivity contribution in [2.75, 3.05) is 0 Å². The Kier molecular flexibility index (Phi) is 3.46. The Labute approximate surface area is 103 Å². The van der Waals surface area contributed by atoms with Gasteiger partial charge in [0, 0.05) is 0 Å². The van der Waals surface area contributed by atoms with Crippen LogP contribution >= 0.6 is 0 Å². The first-order chi connectivity index (χ1) is 8.15. The van der Waals surface area contributed by atoms with Gasteiger partial charge in [-0.05, 0) is 39.0 Å². The van der Waals surface area contributed by atoms with E-state index in [1.807, 2.05) is 18.5 Å². The molecule has 1 heterocycles. The molecule has 1 aromatic rings. The van der Waals surface area contributed by atoms with Crippen LogP contribution in [-0.2, 0) is 0 Å². The Balaban J connectivity index is 2.27. The lowest BCUT2D eigenvalue weighted by molar-refractivity contribution is 0.200. The molecule has 0 aliphatic heterocycles. The van der Waals surface area contributed by atoms with Gasteiger partial charge < -0.3 is 0 Å². The number of rotatable bonds is 2. The van der Waals surface area contributed by atoms with Gasteiger partial charge in [-0.2, -0.15) is 10.4 Å². The molecule has 4 nitrogen and oxygen atoms in total. The Hall–Kier alpha value is -1.37. The summed E-state index contributed by atoms with van der Waals surface area (Å²) in [5.41, 5.74) is 0. The SMILES string of the molecule is CCC1CCC(C#N)C(n2nc(C)nc2C)C1. The van der Waals surface area contributed by atoms with Crippen molar-refractivity contribution in [1.29, 1.82) is 5.26 Å². The highest BCUT2D eigenvalue weighted by Gasteiger charge is 2.32. The van der Waals surface area contributed by atoms with Gasteiger partial charge in [0.15, 0.2) is 0 Å². The molecule has 1 aliphatic rings. The van der Waals surface area contributed by atoms with Crippen LogP contribution in [0.5, 0.6) is 0 Å². The number of nitriles is 1. The highest BCUT2D eigenvalue weighted by molar-refractivity contribution is 4.99. The Morgan fingerprint density at radius 2 is 2.18 bits per heavy atom. The van der Waals surface area contributed by atoms with Gasteiger partial charge in [-0.25, -0.2) is 9.67 Å². The predicted octanol–water partition coefficient (Wildman–Crippen LogP) is 2.79. The van der Waals surface area contributed by atoms with Crippen LogP contribution in [0, 0.1) is 37.0 Å². The van der Waals surface area contributed by atoms with Crippen LogP contribution in [0.3, 0.4) is 0 Å². The number of aromatic nitrogens is 3. The second-order valence-electron chi connectivity index (χ2n) is 5.04. The highest BCUT2D eigenvalue weighted by atomic mass is 15.4. The normalized spacial score (nSPS) is 28.9. The summed E-state index contributed by atoms with van der Waals surface area (Å²) in [7, 11) is 0. The van der Waals surface area contributed by atoms with Gasteiger partial charge in [-0.15, -0.1) is 0 Å². The Bertz CT molecular complexity index is 429. The summed E-state index contributed by atoms with van der Waals surface area (Å²) in [5.74, 6) is 2.56. The van der Waals surface area contributed by atoms with Crippen molar-refractivity contribution in [2.45, 2.75) is 52.5 Å². The van der Waals surface area contributed by atoms with Crippen LogP contribution in [0.1, 0.15) is 50.3 Å². The molecule has 1 aliphatic carbocycles. The molecule has 0 spiro atoms. The standard InChI is InChI=1S/C13H20N4/c1-4-11-5-6-12(8-14)13(7-11)17-10(3)15-9(2)16-17/h11-13H,4-7H2,1-3H3. The van der Waals surface area contributed by atoms with Crippen LogP contribution in [0.15, 0.2) is 0 Å². The molecule has 0 N–H and O–H groups in total. The van der Waals surface area contributed by atoms with Gasteiger partial charge >= 0.3 is 0 Å². The van der Waals surface area contributed by atoms with E-state index in [0.717, 1.165) is 30.4 Å². The molecule has 0 amide bonds. The maximum absolute atomic E-state index is 9.27. The second-order valence-corrected chi connectivity index (χ2v) is 5.04. The van der Waals surface area contributed by atoms with Gasteiger partial charge in [0.25, 0.3) is 0 Å². The average molecular weight is 232 g/mol. The zero-order valence-corrected chi connectivity index (χ0v) is 10.8. The first-order valence-electron chi connectivity index (χ1n) is 6.45. The monoisotopic (exact) mass is 232 g/mol. The molecule has 17 heavy (non-hydrogen) atoms. The third-order valence-electron chi connectivity index (χ3n) is 3.89. The molecule has 3 unspecified atom stereocenters. The molecule has 0 radical (unpaired) electrons. The van der Waals surface area contributed by atoms with Crippen molar-refractivity contribution in [3.63, 3.8) is 0 Å². The fourth-order valence-electron chi connectivity index (χ4n) is 2.87. The molecule has 0 bridgehead atoms. The lowest BCUT2D eigenvalue weighted by Crippen LogP contribution is -2.28. The van der Waals surface area contributed by atoms with Crippen LogP contribution in [-0.4, -0.2) is 14.8 Å². The summed E-state index contributed by atoms with van der Waals surface area (Å²) in [6.07, 6.45) is 4.44. The van der Waals surface area contributed by atoms with Crippen molar-refractivity contribution < 1.29 is 0 Å². The van der Waals surface area contributed by atoms with Crippen LogP contribution < -0.4 is 0 Å². The molecule has 0 aromatic carbocycles. The molecule has 3 atom stereocenters. The summed E-state index contributed by atoms with van der Waals surface area (Å²) in [6.45, 7) is 6.11. The minimum absolute atomic E-state index is 0.0950. The second kappa shape index (κ2) is 4.87. The zero-order chi connectivity index (χ0) is 12.4. The van der Waals surface area contributed by atoms with Crippen LogP contribution in [0.2, 0.25) is 0 Å². The van der Waals surface area contributed by atoms with E-state index < -0.39 is 0 Å². The molecule has 92 valence electrons. The molecular formula is C13H20N4. The van der Waals surface area contributed by atoms with Crippen LogP contribution in [0.4, 0.5) is 0 Å². The topological polar surface area (TPSA) is 54.5 Å². The summed E-state index contributed by atoms with van der Waals surface area (Å²) < 4.78 is 1.98. The number of hydrogen-bond acceptors (Lipinski definition) is 3. The van der Waals surface area contributed by atoms with Gasteiger partial charge in [0.05, 0.1) is 18.0 Å². The summed E-state index contributed by atoms with van der Waals surface area (Å²) in [6, 6.07) is 2.67. The lowest BCUT2D eigenvalue weighted by atomic mass is 9.78. The third kappa shape index (κ3) is 2.33. The highest BCUT2D eigenvalue weighted by Crippen LogP contribution is 2.38. The largest absolute Gasteiger partial charge is 0.246 e. The van der Waals surface area contributed by atoms with Crippen molar-refractivity contribution in [3.05, 3.63) is 11.6 Å².